The van der Waals surface area contributed by atoms with Crippen molar-refractivity contribution in [3.05, 3.63) is 60.7 Å². The minimum atomic E-state index is -0.0345. The van der Waals surface area contributed by atoms with Crippen LogP contribution in [0.2, 0.25) is 0 Å². The Morgan fingerprint density at radius 3 is 1.85 bits per heavy atom. The first-order valence-electron chi connectivity index (χ1n) is 6.04. The molecule has 0 heterocycles. The Balaban J connectivity index is 2.03. The molecule has 0 spiro atoms. The first-order chi connectivity index (χ1) is 9.78. The monoisotopic (exact) mass is 269 g/mol. The highest BCUT2D eigenvalue weighted by atomic mass is 16.5. The molecule has 2 N–H and O–H groups in total. The first kappa shape index (κ1) is 13.6. The van der Waals surface area contributed by atoms with E-state index in [0.717, 1.165) is 0 Å². The zero-order valence-corrected chi connectivity index (χ0v) is 11.1. The fourth-order valence-electron chi connectivity index (χ4n) is 1.44. The molecule has 0 aliphatic rings. The molecule has 0 atom stereocenters. The summed E-state index contributed by atoms with van der Waals surface area (Å²) in [4.78, 5) is 7.90. The molecule has 0 aliphatic carbocycles. The lowest BCUT2D eigenvalue weighted by atomic mass is 10.3. The van der Waals surface area contributed by atoms with Gasteiger partial charge < -0.3 is 15.2 Å². The molecule has 2 aromatic carbocycles. The molecule has 0 saturated heterocycles. The second kappa shape index (κ2) is 6.94. The number of rotatable bonds is 2. The third kappa shape index (κ3) is 4.13. The van der Waals surface area contributed by atoms with Gasteiger partial charge in [0.15, 0.2) is 0 Å². The van der Waals surface area contributed by atoms with E-state index in [1.807, 2.05) is 36.4 Å². The maximum Gasteiger partial charge on any atom is 0.321 e. The van der Waals surface area contributed by atoms with E-state index in [0.29, 0.717) is 11.5 Å². The Labute approximate surface area is 117 Å². The lowest BCUT2D eigenvalue weighted by Gasteiger charge is -2.06. The van der Waals surface area contributed by atoms with E-state index < -0.39 is 0 Å². The summed E-state index contributed by atoms with van der Waals surface area (Å²) in [5, 5.41) is 0. The van der Waals surface area contributed by atoms with Crippen LogP contribution in [-0.4, -0.2) is 19.1 Å². The molecule has 20 heavy (non-hydrogen) atoms. The van der Waals surface area contributed by atoms with Crippen molar-refractivity contribution >= 4 is 12.0 Å². The number of hydrogen-bond acceptors (Lipinski definition) is 3. The van der Waals surface area contributed by atoms with Gasteiger partial charge in [-0.3, -0.25) is 0 Å². The quantitative estimate of drug-likeness (QED) is 0.672. The van der Waals surface area contributed by atoms with Crippen molar-refractivity contribution in [2.45, 2.75) is 0 Å². The molecule has 0 radical (unpaired) electrons. The van der Waals surface area contributed by atoms with Crippen LogP contribution in [0.1, 0.15) is 0 Å². The topological polar surface area (TPSA) is 69.2 Å². The van der Waals surface area contributed by atoms with E-state index in [9.17, 15) is 0 Å². The predicted molar refractivity (Wildman–Crippen MR) is 79.1 cm³/mol. The molecule has 0 aliphatic heterocycles. The molecule has 102 valence electrons. The van der Waals surface area contributed by atoms with Crippen LogP contribution >= 0.6 is 0 Å². The Morgan fingerprint density at radius 1 is 0.850 bits per heavy atom. The number of hydrogen-bond donors (Lipinski definition) is 1. The SMILES string of the molecule is CN=C(N=C(N)Oc1ccccc1)Oc1ccccc1. The van der Waals surface area contributed by atoms with Crippen molar-refractivity contribution in [3.8, 4) is 11.5 Å². The highest BCUT2D eigenvalue weighted by Crippen LogP contribution is 2.10. The third-order valence-corrected chi connectivity index (χ3v) is 2.32. The van der Waals surface area contributed by atoms with Crippen LogP contribution in [0.5, 0.6) is 11.5 Å². The molecule has 0 fully saturated rings. The molecular weight excluding hydrogens is 254 g/mol. The maximum absolute atomic E-state index is 5.70. The fraction of sp³-hybridized carbons (Fsp3) is 0.0667. The summed E-state index contributed by atoms with van der Waals surface area (Å²) in [5.74, 6) is 1.23. The van der Waals surface area contributed by atoms with Gasteiger partial charge in [-0.2, -0.15) is 0 Å². The van der Waals surface area contributed by atoms with E-state index in [1.165, 1.54) is 0 Å². The van der Waals surface area contributed by atoms with E-state index in [2.05, 4.69) is 9.98 Å². The Hall–Kier alpha value is -2.82. The van der Waals surface area contributed by atoms with Gasteiger partial charge in [0.05, 0.1) is 0 Å². The summed E-state index contributed by atoms with van der Waals surface area (Å²) in [7, 11) is 1.57. The van der Waals surface area contributed by atoms with Gasteiger partial charge in [0, 0.05) is 7.05 Å². The van der Waals surface area contributed by atoms with E-state index >= 15 is 0 Å². The zero-order valence-electron chi connectivity index (χ0n) is 11.1. The number of nitrogens with two attached hydrogens (primary N) is 1. The molecule has 2 aromatic rings. The summed E-state index contributed by atoms with van der Waals surface area (Å²) in [6.45, 7) is 0. The van der Waals surface area contributed by atoms with Crippen molar-refractivity contribution in [2.75, 3.05) is 7.05 Å². The summed E-state index contributed by atoms with van der Waals surface area (Å²) in [5.41, 5.74) is 5.70. The Bertz CT molecular complexity index is 595. The second-order valence-corrected chi connectivity index (χ2v) is 3.79. The van der Waals surface area contributed by atoms with Crippen LogP contribution in [-0.2, 0) is 0 Å². The van der Waals surface area contributed by atoms with Crippen LogP contribution in [0.3, 0.4) is 0 Å². The van der Waals surface area contributed by atoms with Crippen molar-refractivity contribution in [1.29, 1.82) is 0 Å². The standard InChI is InChI=1S/C15H15N3O2/c1-17-15(20-13-10-6-3-7-11-13)18-14(16)19-12-8-4-2-5-9-12/h2-11H,1H3,(H2,16,17,18). The van der Waals surface area contributed by atoms with Crippen LogP contribution in [0.25, 0.3) is 0 Å². The van der Waals surface area contributed by atoms with Gasteiger partial charge in [0.25, 0.3) is 6.02 Å². The van der Waals surface area contributed by atoms with Crippen LogP contribution in [0, 0.1) is 0 Å². The molecule has 0 aromatic heterocycles. The first-order valence-corrected chi connectivity index (χ1v) is 6.04. The number of ether oxygens (including phenoxy) is 2. The minimum Gasteiger partial charge on any atom is -0.426 e. The third-order valence-electron chi connectivity index (χ3n) is 2.32. The van der Waals surface area contributed by atoms with Crippen LogP contribution < -0.4 is 15.2 Å². The smallest absolute Gasteiger partial charge is 0.321 e. The number of amidine groups is 2. The average molecular weight is 269 g/mol. The highest BCUT2D eigenvalue weighted by molar-refractivity contribution is 5.90. The normalized spacial score (nSPS) is 12.1. The zero-order chi connectivity index (χ0) is 14.2. The van der Waals surface area contributed by atoms with Crippen LogP contribution in [0.4, 0.5) is 0 Å². The largest absolute Gasteiger partial charge is 0.426 e. The number of benzene rings is 2. The average Bonchev–Trinajstić information content (AvgIpc) is 2.48. The van der Waals surface area contributed by atoms with Gasteiger partial charge in [-0.05, 0) is 24.3 Å². The number of para-hydroxylation sites is 2. The van der Waals surface area contributed by atoms with E-state index in [-0.39, 0.29) is 12.0 Å². The van der Waals surface area contributed by atoms with Crippen molar-refractivity contribution in [3.63, 3.8) is 0 Å². The minimum absolute atomic E-state index is 0.0345. The van der Waals surface area contributed by atoms with Gasteiger partial charge in [-0.1, -0.05) is 36.4 Å². The van der Waals surface area contributed by atoms with Gasteiger partial charge in [0.1, 0.15) is 11.5 Å². The van der Waals surface area contributed by atoms with E-state index in [4.69, 9.17) is 15.2 Å². The second-order valence-electron chi connectivity index (χ2n) is 3.79. The van der Waals surface area contributed by atoms with Gasteiger partial charge in [-0.25, -0.2) is 4.99 Å². The molecule has 0 unspecified atom stereocenters. The van der Waals surface area contributed by atoms with Gasteiger partial charge in [0.2, 0.25) is 0 Å². The summed E-state index contributed by atoms with van der Waals surface area (Å²) in [6, 6.07) is 18.4. The molecular formula is C15H15N3O2. The predicted octanol–water partition coefficient (Wildman–Crippen LogP) is 2.44. The Kier molecular flexibility index (Phi) is 4.72. The van der Waals surface area contributed by atoms with Gasteiger partial charge in [-0.15, -0.1) is 4.99 Å². The molecule has 5 heteroatoms. The Morgan fingerprint density at radius 2 is 1.35 bits per heavy atom. The summed E-state index contributed by atoms with van der Waals surface area (Å²) in [6.07, 6.45) is 0. The van der Waals surface area contributed by atoms with Crippen molar-refractivity contribution in [2.24, 2.45) is 15.7 Å². The lowest BCUT2D eigenvalue weighted by Crippen LogP contribution is -2.23. The molecule has 5 nitrogen and oxygen atoms in total. The van der Waals surface area contributed by atoms with Crippen LogP contribution in [0.15, 0.2) is 70.6 Å². The number of aliphatic imine (C=N–C) groups is 2. The summed E-state index contributed by atoms with van der Waals surface area (Å²) >= 11 is 0. The molecule has 2 rings (SSSR count). The summed E-state index contributed by atoms with van der Waals surface area (Å²) < 4.78 is 10.8. The lowest BCUT2D eigenvalue weighted by molar-refractivity contribution is 0.521. The fourth-order valence-corrected chi connectivity index (χ4v) is 1.44. The van der Waals surface area contributed by atoms with E-state index in [1.54, 1.807) is 31.3 Å². The van der Waals surface area contributed by atoms with Crippen molar-refractivity contribution < 1.29 is 9.47 Å². The molecule has 0 bridgehead atoms. The van der Waals surface area contributed by atoms with Crippen molar-refractivity contribution in [1.82, 2.24) is 0 Å². The highest BCUT2D eigenvalue weighted by Gasteiger charge is 2.03. The molecule has 0 amide bonds. The van der Waals surface area contributed by atoms with Gasteiger partial charge >= 0.3 is 6.02 Å². The number of nitrogens with zero attached hydrogens (tertiary/aromatic N) is 2. The molecule has 0 saturated carbocycles. The maximum atomic E-state index is 5.70.